The Labute approximate surface area is 140 Å². The molecule has 1 N–H and O–H groups in total. The van der Waals surface area contributed by atoms with E-state index in [0.29, 0.717) is 0 Å². The number of benzene rings is 1. The molecule has 0 aromatic heterocycles. The second-order valence-corrected chi connectivity index (χ2v) is 5.89. The van der Waals surface area contributed by atoms with Gasteiger partial charge in [-0.15, -0.1) is 0 Å². The van der Waals surface area contributed by atoms with Crippen LogP contribution in [0.2, 0.25) is 0 Å². The molecular formula is C17H21NO6. The second-order valence-electron chi connectivity index (χ2n) is 5.89. The first-order valence-corrected chi connectivity index (χ1v) is 7.26. The first kappa shape index (κ1) is 19.2. The first-order valence-electron chi connectivity index (χ1n) is 7.26. The molecule has 7 heteroatoms. The van der Waals surface area contributed by atoms with E-state index >= 15 is 0 Å². The molecule has 0 atom stereocenters. The lowest BCUT2D eigenvalue weighted by atomic mass is 10.1. The van der Waals surface area contributed by atoms with Gasteiger partial charge in [-0.3, -0.25) is 9.69 Å². The normalized spacial score (nSPS) is 11.1. The average molecular weight is 335 g/mol. The summed E-state index contributed by atoms with van der Waals surface area (Å²) in [6.07, 6.45) is 1.91. The molecule has 0 saturated heterocycles. The van der Waals surface area contributed by atoms with Crippen molar-refractivity contribution in [3.8, 4) is 0 Å². The molecule has 24 heavy (non-hydrogen) atoms. The molecule has 0 unspecified atom stereocenters. The summed E-state index contributed by atoms with van der Waals surface area (Å²) in [7, 11) is 0. The minimum atomic E-state index is -1.16. The molecule has 0 aliphatic heterocycles. The third-order valence-electron chi connectivity index (χ3n) is 2.92. The molecule has 0 heterocycles. The van der Waals surface area contributed by atoms with Gasteiger partial charge in [0.05, 0.1) is 0 Å². The zero-order valence-corrected chi connectivity index (χ0v) is 13.9. The van der Waals surface area contributed by atoms with E-state index in [0.717, 1.165) is 10.5 Å². The maximum atomic E-state index is 11.9. The number of hydrogen-bond donors (Lipinski definition) is 1. The molecule has 0 fully saturated rings. The van der Waals surface area contributed by atoms with Crippen LogP contribution >= 0.6 is 0 Å². The van der Waals surface area contributed by atoms with Crippen LogP contribution in [-0.2, 0) is 19.1 Å². The maximum absolute atomic E-state index is 11.9. The SMILES string of the molecule is CC(C)(C)N(CC(=O)O)C(=O)OCOC(=O)/C=C/c1ccccc1. The smallest absolute Gasteiger partial charge is 0.413 e. The van der Waals surface area contributed by atoms with Gasteiger partial charge in [0.2, 0.25) is 6.79 Å². The Hall–Kier alpha value is -2.83. The number of hydrogen-bond acceptors (Lipinski definition) is 5. The summed E-state index contributed by atoms with van der Waals surface area (Å²) in [5.41, 5.74) is 0.0824. The quantitative estimate of drug-likeness (QED) is 0.488. The molecular weight excluding hydrogens is 314 g/mol. The van der Waals surface area contributed by atoms with Crippen LogP contribution in [0.25, 0.3) is 6.08 Å². The number of aliphatic carboxylic acids is 1. The van der Waals surface area contributed by atoms with Gasteiger partial charge in [0.15, 0.2) is 0 Å². The topological polar surface area (TPSA) is 93.1 Å². The molecule has 130 valence electrons. The van der Waals surface area contributed by atoms with Gasteiger partial charge in [-0.2, -0.15) is 0 Å². The summed E-state index contributed by atoms with van der Waals surface area (Å²) in [5.74, 6) is -1.84. The molecule has 0 aliphatic rings. The second kappa shape index (κ2) is 8.71. The molecule has 0 radical (unpaired) electrons. The Kier molecular flexibility index (Phi) is 6.98. The highest BCUT2D eigenvalue weighted by Gasteiger charge is 2.29. The third kappa shape index (κ3) is 6.95. The van der Waals surface area contributed by atoms with Gasteiger partial charge in [-0.25, -0.2) is 9.59 Å². The van der Waals surface area contributed by atoms with Crippen LogP contribution in [0.4, 0.5) is 4.79 Å². The van der Waals surface area contributed by atoms with E-state index in [-0.39, 0.29) is 0 Å². The van der Waals surface area contributed by atoms with Crippen LogP contribution in [0.3, 0.4) is 0 Å². The van der Waals surface area contributed by atoms with Crippen molar-refractivity contribution in [2.45, 2.75) is 26.3 Å². The maximum Gasteiger partial charge on any atom is 0.413 e. The molecule has 1 aromatic rings. The minimum Gasteiger partial charge on any atom is -0.480 e. The Morgan fingerprint density at radius 1 is 1.12 bits per heavy atom. The van der Waals surface area contributed by atoms with Crippen LogP contribution in [0.15, 0.2) is 36.4 Å². The molecule has 0 saturated carbocycles. The highest BCUT2D eigenvalue weighted by molar-refractivity contribution is 5.87. The van der Waals surface area contributed by atoms with E-state index < -0.39 is 36.9 Å². The Morgan fingerprint density at radius 2 is 1.75 bits per heavy atom. The first-order chi connectivity index (χ1) is 11.2. The highest BCUT2D eigenvalue weighted by atomic mass is 16.7. The lowest BCUT2D eigenvalue weighted by molar-refractivity contribution is -0.148. The molecule has 1 aromatic carbocycles. The Balaban J connectivity index is 2.47. The fourth-order valence-corrected chi connectivity index (χ4v) is 1.70. The van der Waals surface area contributed by atoms with Crippen molar-refractivity contribution in [1.29, 1.82) is 0 Å². The molecule has 1 rings (SSSR count). The number of carbonyl (C=O) groups excluding carboxylic acids is 2. The highest BCUT2D eigenvalue weighted by Crippen LogP contribution is 2.14. The van der Waals surface area contributed by atoms with Crippen LogP contribution in [0.1, 0.15) is 26.3 Å². The number of carboxylic acids is 1. The average Bonchev–Trinajstić information content (AvgIpc) is 2.50. The van der Waals surface area contributed by atoms with Crippen molar-refractivity contribution in [2.75, 3.05) is 13.3 Å². The summed E-state index contributed by atoms with van der Waals surface area (Å²) >= 11 is 0. The summed E-state index contributed by atoms with van der Waals surface area (Å²) in [6.45, 7) is 3.91. The monoisotopic (exact) mass is 335 g/mol. The van der Waals surface area contributed by atoms with Crippen molar-refractivity contribution in [3.05, 3.63) is 42.0 Å². The molecule has 0 bridgehead atoms. The van der Waals surface area contributed by atoms with Gasteiger partial charge in [0.25, 0.3) is 0 Å². The van der Waals surface area contributed by atoms with E-state index in [4.69, 9.17) is 14.6 Å². The fourth-order valence-electron chi connectivity index (χ4n) is 1.70. The van der Waals surface area contributed by atoms with E-state index in [1.54, 1.807) is 26.8 Å². The van der Waals surface area contributed by atoms with Gasteiger partial charge in [0, 0.05) is 11.6 Å². The van der Waals surface area contributed by atoms with Gasteiger partial charge in [-0.1, -0.05) is 30.3 Å². The summed E-state index contributed by atoms with van der Waals surface area (Å²) in [4.78, 5) is 35.3. The number of amides is 1. The number of nitrogens with zero attached hydrogens (tertiary/aromatic N) is 1. The van der Waals surface area contributed by atoms with Crippen LogP contribution in [-0.4, -0.2) is 46.9 Å². The van der Waals surface area contributed by atoms with Gasteiger partial charge < -0.3 is 14.6 Å². The molecule has 7 nitrogen and oxygen atoms in total. The van der Waals surface area contributed by atoms with Gasteiger partial charge in [0.1, 0.15) is 6.54 Å². The fraction of sp³-hybridized carbons (Fsp3) is 0.353. The number of rotatable bonds is 6. The zero-order chi connectivity index (χ0) is 18.2. The molecule has 1 amide bonds. The van der Waals surface area contributed by atoms with E-state index in [1.807, 2.05) is 30.3 Å². The predicted octanol–water partition coefficient (Wildman–Crippen LogP) is 2.52. The lowest BCUT2D eigenvalue weighted by Crippen LogP contribution is -2.48. The van der Waals surface area contributed by atoms with E-state index in [1.165, 1.54) is 6.08 Å². The van der Waals surface area contributed by atoms with Crippen LogP contribution < -0.4 is 0 Å². The molecule has 0 aliphatic carbocycles. The van der Waals surface area contributed by atoms with Gasteiger partial charge >= 0.3 is 18.0 Å². The van der Waals surface area contributed by atoms with Crippen LogP contribution in [0.5, 0.6) is 0 Å². The minimum absolute atomic E-state index is 0.510. The van der Waals surface area contributed by atoms with E-state index in [9.17, 15) is 14.4 Å². The van der Waals surface area contributed by atoms with Gasteiger partial charge in [-0.05, 0) is 32.4 Å². The van der Waals surface area contributed by atoms with E-state index in [2.05, 4.69) is 0 Å². The van der Waals surface area contributed by atoms with Crippen molar-refractivity contribution in [1.82, 2.24) is 4.90 Å². The summed E-state index contributed by atoms with van der Waals surface area (Å²) in [6, 6.07) is 9.15. The number of esters is 1. The van der Waals surface area contributed by atoms with Crippen molar-refractivity contribution < 1.29 is 29.0 Å². The molecule has 0 spiro atoms. The van der Waals surface area contributed by atoms with Crippen molar-refractivity contribution in [2.24, 2.45) is 0 Å². The number of carbonyl (C=O) groups is 3. The summed E-state index contributed by atoms with van der Waals surface area (Å²) in [5, 5.41) is 8.84. The summed E-state index contributed by atoms with van der Waals surface area (Å²) < 4.78 is 9.56. The standard InChI is InChI=1S/C17H21NO6/c1-17(2,3)18(11-14(19)20)16(22)24-12-23-15(21)10-9-13-7-5-4-6-8-13/h4-10H,11-12H2,1-3H3,(H,19,20)/b10-9+. The third-order valence-corrected chi connectivity index (χ3v) is 2.92. The Morgan fingerprint density at radius 3 is 2.29 bits per heavy atom. The lowest BCUT2D eigenvalue weighted by Gasteiger charge is -2.33. The Bertz CT molecular complexity index is 603. The predicted molar refractivity (Wildman–Crippen MR) is 87.0 cm³/mol. The van der Waals surface area contributed by atoms with Crippen molar-refractivity contribution in [3.63, 3.8) is 0 Å². The zero-order valence-electron chi connectivity index (χ0n) is 13.9. The largest absolute Gasteiger partial charge is 0.480 e. The number of carboxylic acid groups (broad SMARTS) is 1. The van der Waals surface area contributed by atoms with Crippen molar-refractivity contribution >= 4 is 24.1 Å². The van der Waals surface area contributed by atoms with Crippen LogP contribution in [0, 0.1) is 0 Å². The number of ether oxygens (including phenoxy) is 2.